The average molecular weight is 223 g/mol. The molecular formula is C13H25N3. The second-order valence-corrected chi connectivity index (χ2v) is 5.56. The molecule has 0 aromatic heterocycles. The van der Waals surface area contributed by atoms with Gasteiger partial charge in [-0.2, -0.15) is 5.26 Å². The van der Waals surface area contributed by atoms with E-state index in [4.69, 9.17) is 5.26 Å². The van der Waals surface area contributed by atoms with Crippen LogP contribution in [0.25, 0.3) is 0 Å². The average Bonchev–Trinajstić information content (AvgIpc) is 2.98. The Morgan fingerprint density at radius 3 is 2.25 bits per heavy atom. The molecule has 0 bridgehead atoms. The highest BCUT2D eigenvalue weighted by atomic mass is 15.2. The van der Waals surface area contributed by atoms with Crippen LogP contribution in [0, 0.1) is 17.2 Å². The Labute approximate surface area is 99.8 Å². The first kappa shape index (κ1) is 13.5. The zero-order chi connectivity index (χ0) is 12.1. The fraction of sp³-hybridized carbons (Fsp3) is 0.923. The molecule has 1 unspecified atom stereocenters. The molecule has 1 fully saturated rings. The van der Waals surface area contributed by atoms with Gasteiger partial charge in [0.1, 0.15) is 6.04 Å². The van der Waals surface area contributed by atoms with E-state index in [1.807, 2.05) is 0 Å². The van der Waals surface area contributed by atoms with Gasteiger partial charge in [-0.15, -0.1) is 0 Å². The SMILES string of the molecule is CC(C)CN(CC(C#N)NC1CC1)C(C)C. The van der Waals surface area contributed by atoms with Crippen molar-refractivity contribution in [3.05, 3.63) is 0 Å². The lowest BCUT2D eigenvalue weighted by atomic mass is 10.1. The molecule has 1 atom stereocenters. The Bertz CT molecular complexity index is 238. The quantitative estimate of drug-likeness (QED) is 0.717. The summed E-state index contributed by atoms with van der Waals surface area (Å²) < 4.78 is 0. The molecule has 0 aromatic carbocycles. The standard InChI is InChI=1S/C13H25N3/c1-10(2)8-16(11(3)4)9-13(7-14)15-12-5-6-12/h10-13,15H,5-6,8-9H2,1-4H3. The molecule has 1 aliphatic carbocycles. The van der Waals surface area contributed by atoms with E-state index in [0.717, 1.165) is 13.1 Å². The first-order valence-electron chi connectivity index (χ1n) is 6.42. The molecule has 1 N–H and O–H groups in total. The third-order valence-corrected chi connectivity index (χ3v) is 2.92. The fourth-order valence-corrected chi connectivity index (χ4v) is 1.87. The van der Waals surface area contributed by atoms with E-state index >= 15 is 0 Å². The third-order valence-electron chi connectivity index (χ3n) is 2.92. The van der Waals surface area contributed by atoms with Gasteiger partial charge in [0.05, 0.1) is 6.07 Å². The molecule has 1 saturated carbocycles. The highest BCUT2D eigenvalue weighted by Crippen LogP contribution is 2.19. The maximum absolute atomic E-state index is 9.13. The van der Waals surface area contributed by atoms with Gasteiger partial charge in [-0.3, -0.25) is 10.2 Å². The van der Waals surface area contributed by atoms with Crippen LogP contribution in [0.5, 0.6) is 0 Å². The first-order chi connectivity index (χ1) is 7.52. The monoisotopic (exact) mass is 223 g/mol. The molecule has 0 saturated heterocycles. The Balaban J connectivity index is 2.41. The summed E-state index contributed by atoms with van der Waals surface area (Å²) >= 11 is 0. The van der Waals surface area contributed by atoms with Crippen LogP contribution in [0.2, 0.25) is 0 Å². The van der Waals surface area contributed by atoms with Crippen LogP contribution >= 0.6 is 0 Å². The van der Waals surface area contributed by atoms with Crippen molar-refractivity contribution in [1.29, 1.82) is 5.26 Å². The molecule has 0 aliphatic heterocycles. The van der Waals surface area contributed by atoms with E-state index in [9.17, 15) is 0 Å². The molecule has 0 amide bonds. The largest absolute Gasteiger partial charge is 0.298 e. The predicted octanol–water partition coefficient (Wildman–Crippen LogP) is 2.00. The second kappa shape index (κ2) is 6.22. The molecule has 0 radical (unpaired) electrons. The number of nitriles is 1. The van der Waals surface area contributed by atoms with E-state index in [2.05, 4.69) is 44.0 Å². The van der Waals surface area contributed by atoms with E-state index in [-0.39, 0.29) is 6.04 Å². The van der Waals surface area contributed by atoms with Crippen LogP contribution in [-0.2, 0) is 0 Å². The lowest BCUT2D eigenvalue weighted by molar-refractivity contribution is 0.187. The Kier molecular flexibility index (Phi) is 5.24. The van der Waals surface area contributed by atoms with Crippen LogP contribution in [0.15, 0.2) is 0 Å². The molecule has 0 aromatic rings. The van der Waals surface area contributed by atoms with Crippen LogP contribution in [0.4, 0.5) is 0 Å². The third kappa shape index (κ3) is 4.96. The van der Waals surface area contributed by atoms with Gasteiger partial charge in [-0.05, 0) is 32.6 Å². The molecule has 16 heavy (non-hydrogen) atoms. The molecule has 1 aliphatic rings. The summed E-state index contributed by atoms with van der Waals surface area (Å²) in [6, 6.07) is 3.50. The van der Waals surface area contributed by atoms with Gasteiger partial charge in [-0.1, -0.05) is 13.8 Å². The van der Waals surface area contributed by atoms with Crippen LogP contribution in [-0.4, -0.2) is 36.1 Å². The lowest BCUT2D eigenvalue weighted by Gasteiger charge is -2.30. The molecule has 0 spiro atoms. The summed E-state index contributed by atoms with van der Waals surface area (Å²) in [7, 11) is 0. The summed E-state index contributed by atoms with van der Waals surface area (Å²) in [4.78, 5) is 2.40. The van der Waals surface area contributed by atoms with Gasteiger partial charge in [0, 0.05) is 25.2 Å². The zero-order valence-electron chi connectivity index (χ0n) is 11.0. The van der Waals surface area contributed by atoms with Crippen molar-refractivity contribution >= 4 is 0 Å². The normalized spacial score (nSPS) is 18.1. The summed E-state index contributed by atoms with van der Waals surface area (Å²) in [5, 5.41) is 12.5. The van der Waals surface area contributed by atoms with Crippen molar-refractivity contribution < 1.29 is 0 Å². The van der Waals surface area contributed by atoms with Gasteiger partial charge in [0.15, 0.2) is 0 Å². The molecule has 0 heterocycles. The maximum Gasteiger partial charge on any atom is 0.108 e. The minimum absolute atomic E-state index is 0.00588. The number of rotatable bonds is 7. The predicted molar refractivity (Wildman–Crippen MR) is 67.1 cm³/mol. The molecule has 3 nitrogen and oxygen atoms in total. The summed E-state index contributed by atoms with van der Waals surface area (Å²) in [5.74, 6) is 0.655. The lowest BCUT2D eigenvalue weighted by Crippen LogP contribution is -2.45. The van der Waals surface area contributed by atoms with E-state index in [0.29, 0.717) is 18.0 Å². The summed E-state index contributed by atoms with van der Waals surface area (Å²) in [6.45, 7) is 10.8. The molecule has 92 valence electrons. The highest BCUT2D eigenvalue weighted by molar-refractivity contribution is 4.97. The fourth-order valence-electron chi connectivity index (χ4n) is 1.87. The van der Waals surface area contributed by atoms with Crippen LogP contribution in [0.1, 0.15) is 40.5 Å². The number of hydrogen-bond acceptors (Lipinski definition) is 3. The van der Waals surface area contributed by atoms with Gasteiger partial charge in [0.2, 0.25) is 0 Å². The Morgan fingerprint density at radius 1 is 1.25 bits per heavy atom. The van der Waals surface area contributed by atoms with Crippen molar-refractivity contribution in [2.75, 3.05) is 13.1 Å². The number of hydrogen-bond donors (Lipinski definition) is 1. The molecule has 1 rings (SSSR count). The van der Waals surface area contributed by atoms with Crippen LogP contribution < -0.4 is 5.32 Å². The van der Waals surface area contributed by atoms with Gasteiger partial charge >= 0.3 is 0 Å². The van der Waals surface area contributed by atoms with Crippen molar-refractivity contribution in [1.82, 2.24) is 10.2 Å². The van der Waals surface area contributed by atoms with Crippen molar-refractivity contribution in [3.63, 3.8) is 0 Å². The smallest absolute Gasteiger partial charge is 0.108 e. The first-order valence-corrected chi connectivity index (χ1v) is 6.42. The number of nitrogens with zero attached hydrogens (tertiary/aromatic N) is 2. The zero-order valence-corrected chi connectivity index (χ0v) is 11.0. The topological polar surface area (TPSA) is 39.1 Å². The summed E-state index contributed by atoms with van der Waals surface area (Å²) in [5.41, 5.74) is 0. The van der Waals surface area contributed by atoms with Gasteiger partial charge in [-0.25, -0.2) is 0 Å². The van der Waals surface area contributed by atoms with Crippen molar-refractivity contribution in [3.8, 4) is 6.07 Å². The number of nitrogens with one attached hydrogen (secondary N) is 1. The Hall–Kier alpha value is -0.590. The molecular weight excluding hydrogens is 198 g/mol. The van der Waals surface area contributed by atoms with Crippen molar-refractivity contribution in [2.45, 2.75) is 58.7 Å². The second-order valence-electron chi connectivity index (χ2n) is 5.56. The highest BCUT2D eigenvalue weighted by Gasteiger charge is 2.26. The maximum atomic E-state index is 9.13. The van der Waals surface area contributed by atoms with E-state index < -0.39 is 0 Å². The van der Waals surface area contributed by atoms with E-state index in [1.54, 1.807) is 0 Å². The Morgan fingerprint density at radius 2 is 1.88 bits per heavy atom. The summed E-state index contributed by atoms with van der Waals surface area (Å²) in [6.07, 6.45) is 2.48. The van der Waals surface area contributed by atoms with E-state index in [1.165, 1.54) is 12.8 Å². The molecule has 3 heteroatoms. The van der Waals surface area contributed by atoms with Crippen LogP contribution in [0.3, 0.4) is 0 Å². The van der Waals surface area contributed by atoms with Gasteiger partial charge in [0.25, 0.3) is 0 Å². The van der Waals surface area contributed by atoms with Gasteiger partial charge < -0.3 is 0 Å². The van der Waals surface area contributed by atoms with Crippen molar-refractivity contribution in [2.24, 2.45) is 5.92 Å². The minimum atomic E-state index is -0.00588. The minimum Gasteiger partial charge on any atom is -0.298 e.